The van der Waals surface area contributed by atoms with Gasteiger partial charge in [0.1, 0.15) is 0 Å². The molecule has 11 heavy (non-hydrogen) atoms. The second kappa shape index (κ2) is 3.02. The quantitative estimate of drug-likeness (QED) is 0.540. The summed E-state index contributed by atoms with van der Waals surface area (Å²) < 4.78 is 0. The van der Waals surface area contributed by atoms with Crippen LogP contribution in [0.1, 0.15) is 32.6 Å². The Morgan fingerprint density at radius 1 is 1.45 bits per heavy atom. The highest BCUT2D eigenvalue weighted by Crippen LogP contribution is 2.37. The molecule has 0 saturated heterocycles. The fourth-order valence-corrected chi connectivity index (χ4v) is 2.70. The molecule has 0 amide bonds. The molecule has 0 aromatic carbocycles. The van der Waals surface area contributed by atoms with Crippen molar-refractivity contribution in [3.8, 4) is 0 Å². The summed E-state index contributed by atoms with van der Waals surface area (Å²) in [6.45, 7) is 2.21. The van der Waals surface area contributed by atoms with E-state index in [1.54, 1.807) is 4.91 Å². The van der Waals surface area contributed by atoms with E-state index < -0.39 is 0 Å². The van der Waals surface area contributed by atoms with E-state index >= 15 is 0 Å². The number of thioether (sulfide) groups is 1. The largest absolute Gasteiger partial charge is 0.264 e. The van der Waals surface area contributed by atoms with Crippen molar-refractivity contribution >= 4 is 18.0 Å². The molecule has 0 spiro atoms. The van der Waals surface area contributed by atoms with E-state index in [9.17, 15) is 0 Å². The van der Waals surface area contributed by atoms with Gasteiger partial charge >= 0.3 is 0 Å². The molecular formula is C9H13NS. The minimum Gasteiger partial charge on any atom is -0.264 e. The molecule has 1 atom stereocenters. The van der Waals surface area contributed by atoms with Crippen LogP contribution in [0.5, 0.6) is 0 Å². The van der Waals surface area contributed by atoms with E-state index in [-0.39, 0.29) is 0 Å². The first-order chi connectivity index (χ1) is 5.36. The average Bonchev–Trinajstić information content (AvgIpc) is 2.04. The highest BCUT2D eigenvalue weighted by molar-refractivity contribution is 8.04. The molecule has 0 bridgehead atoms. The van der Waals surface area contributed by atoms with E-state index in [0.29, 0.717) is 5.25 Å². The smallest absolute Gasteiger partial charge is 0.0495 e. The number of allylic oxidation sites excluding steroid dienone is 2. The van der Waals surface area contributed by atoms with E-state index in [1.807, 2.05) is 11.8 Å². The molecule has 1 heterocycles. The summed E-state index contributed by atoms with van der Waals surface area (Å²) in [5.74, 6) is 0. The summed E-state index contributed by atoms with van der Waals surface area (Å²) in [6.07, 6.45) is 7.28. The van der Waals surface area contributed by atoms with Gasteiger partial charge in [-0.2, -0.15) is 0 Å². The minimum atomic E-state index is 0.604. The summed E-state index contributed by atoms with van der Waals surface area (Å²) in [5, 5.41) is 0.604. The number of hydrogen-bond acceptors (Lipinski definition) is 2. The Morgan fingerprint density at radius 2 is 2.27 bits per heavy atom. The molecule has 0 radical (unpaired) electrons. The zero-order valence-electron chi connectivity index (χ0n) is 6.84. The molecule has 0 fully saturated rings. The Morgan fingerprint density at radius 3 is 3.18 bits per heavy atom. The third kappa shape index (κ3) is 1.51. The molecule has 0 aromatic rings. The molecule has 0 aromatic heterocycles. The molecule has 1 aliphatic heterocycles. The molecule has 2 aliphatic rings. The Kier molecular flexibility index (Phi) is 2.03. The lowest BCUT2D eigenvalue weighted by molar-refractivity contribution is 0.688. The zero-order valence-corrected chi connectivity index (χ0v) is 7.66. The standard InChI is InChI=1S/C9H13NS/c1-7-6-10-8-4-2-3-5-9(8)11-7/h6-7H,2-5H2,1H3. The number of nitrogens with zero attached hydrogens (tertiary/aromatic N) is 1. The third-order valence-corrected chi connectivity index (χ3v) is 3.38. The van der Waals surface area contributed by atoms with Gasteiger partial charge in [-0.05, 0) is 32.6 Å². The molecule has 2 heteroatoms. The van der Waals surface area contributed by atoms with Gasteiger partial charge in [0.05, 0.1) is 0 Å². The Hall–Kier alpha value is -0.240. The highest BCUT2D eigenvalue weighted by Gasteiger charge is 2.17. The molecule has 0 saturated carbocycles. The SMILES string of the molecule is CC1C=NC2=C(CCCC2)S1. The molecule has 1 nitrogen and oxygen atoms in total. The predicted molar refractivity (Wildman–Crippen MR) is 51.0 cm³/mol. The molecule has 1 aliphatic carbocycles. The maximum Gasteiger partial charge on any atom is 0.0495 e. The fraction of sp³-hybridized carbons (Fsp3) is 0.667. The van der Waals surface area contributed by atoms with Gasteiger partial charge in [-0.3, -0.25) is 4.99 Å². The summed E-state index contributed by atoms with van der Waals surface area (Å²) in [7, 11) is 0. The minimum absolute atomic E-state index is 0.604. The van der Waals surface area contributed by atoms with Crippen LogP contribution in [0.3, 0.4) is 0 Å². The molecule has 0 N–H and O–H groups in total. The van der Waals surface area contributed by atoms with Gasteiger partial charge < -0.3 is 0 Å². The van der Waals surface area contributed by atoms with E-state index in [1.165, 1.54) is 31.4 Å². The van der Waals surface area contributed by atoms with Crippen molar-refractivity contribution in [3.05, 3.63) is 10.6 Å². The van der Waals surface area contributed by atoms with Gasteiger partial charge in [0.2, 0.25) is 0 Å². The van der Waals surface area contributed by atoms with E-state index in [4.69, 9.17) is 0 Å². The first-order valence-electron chi connectivity index (χ1n) is 4.29. The van der Waals surface area contributed by atoms with E-state index in [2.05, 4.69) is 18.1 Å². The van der Waals surface area contributed by atoms with Crippen LogP contribution >= 0.6 is 11.8 Å². The van der Waals surface area contributed by atoms with Crippen molar-refractivity contribution < 1.29 is 0 Å². The van der Waals surface area contributed by atoms with Gasteiger partial charge in [0, 0.05) is 22.1 Å². The fourth-order valence-electron chi connectivity index (χ4n) is 1.57. The maximum atomic E-state index is 4.47. The summed E-state index contributed by atoms with van der Waals surface area (Å²) in [4.78, 5) is 6.03. The van der Waals surface area contributed by atoms with Crippen molar-refractivity contribution in [1.29, 1.82) is 0 Å². The second-order valence-electron chi connectivity index (χ2n) is 3.18. The monoisotopic (exact) mass is 167 g/mol. The van der Waals surface area contributed by atoms with Crippen molar-refractivity contribution in [2.24, 2.45) is 4.99 Å². The molecular weight excluding hydrogens is 154 g/mol. The summed E-state index contributed by atoms with van der Waals surface area (Å²) >= 11 is 2.00. The van der Waals surface area contributed by atoms with Crippen LogP contribution in [0, 0.1) is 0 Å². The predicted octanol–water partition coefficient (Wildman–Crippen LogP) is 2.98. The summed E-state index contributed by atoms with van der Waals surface area (Å²) in [5.41, 5.74) is 1.37. The van der Waals surface area contributed by atoms with Crippen molar-refractivity contribution in [3.63, 3.8) is 0 Å². The first kappa shape index (κ1) is 7.41. The highest BCUT2D eigenvalue weighted by atomic mass is 32.2. The van der Waals surface area contributed by atoms with Crippen LogP contribution in [-0.4, -0.2) is 11.5 Å². The molecule has 1 unspecified atom stereocenters. The van der Waals surface area contributed by atoms with Crippen LogP contribution in [0.25, 0.3) is 0 Å². The van der Waals surface area contributed by atoms with Gasteiger partial charge in [0.25, 0.3) is 0 Å². The van der Waals surface area contributed by atoms with Gasteiger partial charge in [-0.25, -0.2) is 0 Å². The third-order valence-electron chi connectivity index (χ3n) is 2.16. The van der Waals surface area contributed by atoms with E-state index in [0.717, 1.165) is 0 Å². The normalized spacial score (nSPS) is 30.5. The number of aliphatic imine (C=N–C) groups is 1. The lowest BCUT2D eigenvalue weighted by Gasteiger charge is -2.22. The maximum absolute atomic E-state index is 4.47. The topological polar surface area (TPSA) is 12.4 Å². The Bertz CT molecular complexity index is 218. The van der Waals surface area contributed by atoms with Gasteiger partial charge in [-0.1, -0.05) is 0 Å². The van der Waals surface area contributed by atoms with Crippen LogP contribution in [0.4, 0.5) is 0 Å². The molecule has 2 rings (SSSR count). The summed E-state index contributed by atoms with van der Waals surface area (Å²) in [6, 6.07) is 0. The number of hydrogen-bond donors (Lipinski definition) is 0. The van der Waals surface area contributed by atoms with Crippen LogP contribution in [-0.2, 0) is 0 Å². The Labute approximate surface area is 72.0 Å². The number of rotatable bonds is 0. The average molecular weight is 167 g/mol. The lowest BCUT2D eigenvalue weighted by Crippen LogP contribution is -2.08. The first-order valence-corrected chi connectivity index (χ1v) is 5.17. The van der Waals surface area contributed by atoms with Gasteiger partial charge in [-0.15, -0.1) is 11.8 Å². The van der Waals surface area contributed by atoms with Crippen molar-refractivity contribution in [2.75, 3.05) is 0 Å². The van der Waals surface area contributed by atoms with Crippen LogP contribution in [0.15, 0.2) is 15.6 Å². The van der Waals surface area contributed by atoms with Crippen LogP contribution in [0.2, 0.25) is 0 Å². The van der Waals surface area contributed by atoms with Gasteiger partial charge in [0.15, 0.2) is 0 Å². The lowest BCUT2D eigenvalue weighted by atomic mass is 10.0. The second-order valence-corrected chi connectivity index (χ2v) is 4.65. The Balaban J connectivity index is 2.20. The van der Waals surface area contributed by atoms with Crippen molar-refractivity contribution in [1.82, 2.24) is 0 Å². The molecule has 60 valence electrons. The zero-order chi connectivity index (χ0) is 7.68. The van der Waals surface area contributed by atoms with Crippen LogP contribution < -0.4 is 0 Å². The van der Waals surface area contributed by atoms with Crippen molar-refractivity contribution in [2.45, 2.75) is 37.9 Å².